The third-order valence-electron chi connectivity index (χ3n) is 5.97. The maximum Gasteiger partial charge on any atom is 0.416 e. The van der Waals surface area contributed by atoms with Crippen molar-refractivity contribution in [3.8, 4) is 0 Å². The second-order valence-corrected chi connectivity index (χ2v) is 9.84. The lowest BCUT2D eigenvalue weighted by atomic mass is 10.1. The van der Waals surface area contributed by atoms with Gasteiger partial charge in [-0.2, -0.15) is 13.2 Å². The molecule has 2 aromatic heterocycles. The highest BCUT2D eigenvalue weighted by Gasteiger charge is 2.33. The molecule has 0 spiro atoms. The number of nitrogens with zero attached hydrogens (tertiary/aromatic N) is 5. The maximum atomic E-state index is 13.3. The summed E-state index contributed by atoms with van der Waals surface area (Å²) < 4.78 is 43.8. The lowest BCUT2D eigenvalue weighted by Crippen LogP contribution is -2.37. The molecule has 0 radical (unpaired) electrons. The van der Waals surface area contributed by atoms with E-state index in [1.807, 2.05) is 6.92 Å². The molecule has 0 aliphatic carbocycles. The molecule has 1 unspecified atom stereocenters. The minimum Gasteiger partial charge on any atom is -0.325 e. The summed E-state index contributed by atoms with van der Waals surface area (Å²) in [5.41, 5.74) is -0.947. The number of alkyl halides is 3. The van der Waals surface area contributed by atoms with Crippen LogP contribution in [0.1, 0.15) is 31.7 Å². The van der Waals surface area contributed by atoms with Crippen LogP contribution in [0.5, 0.6) is 0 Å². The molecule has 12 heteroatoms. The van der Waals surface area contributed by atoms with E-state index in [1.165, 1.54) is 47.7 Å². The van der Waals surface area contributed by atoms with Crippen molar-refractivity contribution >= 4 is 34.5 Å². The van der Waals surface area contributed by atoms with Crippen molar-refractivity contribution in [1.29, 1.82) is 0 Å². The highest BCUT2D eigenvalue weighted by Crippen LogP contribution is 2.41. The quantitative estimate of drug-likeness (QED) is 0.556. The number of thioether (sulfide) groups is 1. The number of imidazole rings is 1. The molecular weight excluding hydrogens is 471 g/mol. The number of hydrogen-bond donors (Lipinski definition) is 0. The summed E-state index contributed by atoms with van der Waals surface area (Å²) in [6.07, 6.45) is -1.96. The van der Waals surface area contributed by atoms with Gasteiger partial charge < -0.3 is 9.47 Å². The molecule has 1 aliphatic rings. The van der Waals surface area contributed by atoms with E-state index in [-0.39, 0.29) is 34.4 Å². The van der Waals surface area contributed by atoms with Crippen LogP contribution >= 0.6 is 11.8 Å². The molecule has 8 nitrogen and oxygen atoms in total. The Morgan fingerprint density at radius 3 is 2.65 bits per heavy atom. The second-order valence-electron chi connectivity index (χ2n) is 8.36. The summed E-state index contributed by atoms with van der Waals surface area (Å²) in [5.74, 6) is -0.278. The zero-order chi connectivity index (χ0) is 24.8. The monoisotopic (exact) mass is 495 g/mol. The fourth-order valence-corrected chi connectivity index (χ4v) is 5.17. The van der Waals surface area contributed by atoms with E-state index >= 15 is 0 Å². The van der Waals surface area contributed by atoms with Crippen LogP contribution in [0.2, 0.25) is 0 Å². The molecule has 182 valence electrons. The van der Waals surface area contributed by atoms with Gasteiger partial charge >= 0.3 is 11.9 Å². The normalized spacial score (nSPS) is 16.5. The lowest BCUT2D eigenvalue weighted by Gasteiger charge is -2.24. The third kappa shape index (κ3) is 4.38. The summed E-state index contributed by atoms with van der Waals surface area (Å²) in [6.45, 7) is 2.61. The molecule has 0 N–H and O–H groups in total. The van der Waals surface area contributed by atoms with E-state index in [4.69, 9.17) is 0 Å². The van der Waals surface area contributed by atoms with Crippen molar-refractivity contribution < 1.29 is 18.0 Å². The van der Waals surface area contributed by atoms with Crippen LogP contribution in [0.4, 0.5) is 18.9 Å². The standard InChI is InChI=1S/C22H24F3N5O3S/c1-13-8-10-30(15-11-14(22(23,24)25)6-7-16(15)34-13)17(31)5-4-9-29-12-26-19-18(29)20(32)28(3)21(33)27(19)2/h6-7,11-13H,4-5,8-10H2,1-3H3. The number of carbonyl (C=O) groups excluding carboxylic acids is 1. The Labute approximate surface area is 197 Å². The number of amides is 1. The Hall–Kier alpha value is -3.02. The Morgan fingerprint density at radius 2 is 1.94 bits per heavy atom. The Kier molecular flexibility index (Phi) is 6.36. The van der Waals surface area contributed by atoms with Crippen LogP contribution in [0, 0.1) is 0 Å². The largest absolute Gasteiger partial charge is 0.416 e. The van der Waals surface area contributed by atoms with E-state index in [2.05, 4.69) is 4.98 Å². The third-order valence-corrected chi connectivity index (χ3v) is 7.21. The van der Waals surface area contributed by atoms with E-state index in [9.17, 15) is 27.6 Å². The Balaban J connectivity index is 1.55. The molecule has 4 rings (SSSR count). The molecule has 1 amide bonds. The van der Waals surface area contributed by atoms with Gasteiger partial charge in [-0.25, -0.2) is 9.78 Å². The molecule has 3 aromatic rings. The van der Waals surface area contributed by atoms with Crippen molar-refractivity contribution in [3.05, 3.63) is 50.9 Å². The van der Waals surface area contributed by atoms with Gasteiger partial charge in [0.2, 0.25) is 5.91 Å². The average Bonchev–Trinajstić information content (AvgIpc) is 3.12. The maximum absolute atomic E-state index is 13.3. The van der Waals surface area contributed by atoms with Crippen LogP contribution < -0.4 is 16.1 Å². The van der Waals surface area contributed by atoms with Crippen LogP contribution in [0.15, 0.2) is 39.0 Å². The molecule has 0 saturated heterocycles. The smallest absolute Gasteiger partial charge is 0.325 e. The Bertz CT molecular complexity index is 1380. The molecular formula is C22H24F3N5O3S. The molecule has 1 aliphatic heterocycles. The highest BCUT2D eigenvalue weighted by atomic mass is 32.2. The number of aryl methyl sites for hydroxylation is 2. The number of fused-ring (bicyclic) bond motifs is 2. The molecule has 0 saturated carbocycles. The summed E-state index contributed by atoms with van der Waals surface area (Å²) in [4.78, 5) is 44.0. The number of hydrogen-bond acceptors (Lipinski definition) is 5. The molecule has 34 heavy (non-hydrogen) atoms. The van der Waals surface area contributed by atoms with Crippen LogP contribution in [0.3, 0.4) is 0 Å². The summed E-state index contributed by atoms with van der Waals surface area (Å²) in [5, 5.41) is 0.161. The fourth-order valence-electron chi connectivity index (χ4n) is 4.07. The first-order chi connectivity index (χ1) is 16.0. The first kappa shape index (κ1) is 24.1. The van der Waals surface area contributed by atoms with Gasteiger partial charge in [0, 0.05) is 43.8 Å². The fraction of sp³-hybridized carbons (Fsp3) is 0.455. The van der Waals surface area contributed by atoms with E-state index < -0.39 is 23.0 Å². The number of rotatable bonds is 4. The topological polar surface area (TPSA) is 82.1 Å². The van der Waals surface area contributed by atoms with E-state index in [1.54, 1.807) is 4.57 Å². The van der Waals surface area contributed by atoms with Crippen molar-refractivity contribution in [1.82, 2.24) is 18.7 Å². The SMILES string of the molecule is CC1CCN(C(=O)CCCn2cnc3c2c(=O)n(C)c(=O)n3C)c2cc(C(F)(F)F)ccc2S1. The average molecular weight is 496 g/mol. The molecule has 0 fully saturated rings. The summed E-state index contributed by atoms with van der Waals surface area (Å²) in [7, 11) is 2.91. The first-order valence-electron chi connectivity index (χ1n) is 10.8. The van der Waals surface area contributed by atoms with Crippen molar-refractivity contribution in [2.75, 3.05) is 11.4 Å². The van der Waals surface area contributed by atoms with Gasteiger partial charge in [0.05, 0.1) is 17.6 Å². The number of aromatic nitrogens is 4. The van der Waals surface area contributed by atoms with Gasteiger partial charge in [0.15, 0.2) is 11.2 Å². The zero-order valence-electron chi connectivity index (χ0n) is 18.9. The highest BCUT2D eigenvalue weighted by molar-refractivity contribution is 8.00. The van der Waals surface area contributed by atoms with Gasteiger partial charge in [-0.15, -0.1) is 11.8 Å². The van der Waals surface area contributed by atoms with Gasteiger partial charge in [-0.3, -0.25) is 18.7 Å². The summed E-state index contributed by atoms with van der Waals surface area (Å²) in [6, 6.07) is 3.53. The molecule has 3 heterocycles. The minimum atomic E-state index is -4.50. The second kappa shape index (κ2) is 8.97. The number of anilines is 1. The van der Waals surface area contributed by atoms with Crippen molar-refractivity contribution in [2.24, 2.45) is 14.1 Å². The van der Waals surface area contributed by atoms with Crippen LogP contribution in [-0.4, -0.2) is 36.4 Å². The summed E-state index contributed by atoms with van der Waals surface area (Å²) >= 11 is 1.46. The molecule has 1 aromatic carbocycles. The molecule has 1 atom stereocenters. The van der Waals surface area contributed by atoms with E-state index in [0.717, 1.165) is 16.7 Å². The predicted molar refractivity (Wildman–Crippen MR) is 123 cm³/mol. The van der Waals surface area contributed by atoms with Crippen LogP contribution in [0.25, 0.3) is 11.2 Å². The van der Waals surface area contributed by atoms with Crippen LogP contribution in [-0.2, 0) is 31.6 Å². The Morgan fingerprint density at radius 1 is 1.21 bits per heavy atom. The first-order valence-corrected chi connectivity index (χ1v) is 11.7. The van der Waals surface area contributed by atoms with Crippen molar-refractivity contribution in [3.63, 3.8) is 0 Å². The van der Waals surface area contributed by atoms with Gasteiger partial charge in [0.25, 0.3) is 5.56 Å². The number of halogens is 3. The van der Waals surface area contributed by atoms with Gasteiger partial charge in [-0.1, -0.05) is 6.92 Å². The lowest BCUT2D eigenvalue weighted by molar-refractivity contribution is -0.137. The molecule has 0 bridgehead atoms. The number of benzene rings is 1. The predicted octanol–water partition coefficient (Wildman–Crippen LogP) is 3.15. The zero-order valence-corrected chi connectivity index (χ0v) is 19.7. The van der Waals surface area contributed by atoms with Gasteiger partial charge in [-0.05, 0) is 31.0 Å². The van der Waals surface area contributed by atoms with Crippen molar-refractivity contribution in [2.45, 2.75) is 49.1 Å². The minimum absolute atomic E-state index is 0.0838. The van der Waals surface area contributed by atoms with E-state index in [0.29, 0.717) is 30.8 Å². The number of carbonyl (C=O) groups is 1. The van der Waals surface area contributed by atoms with Gasteiger partial charge in [0.1, 0.15) is 0 Å².